The molecule has 2 saturated heterocycles. The van der Waals surface area contributed by atoms with E-state index < -0.39 is 10.0 Å². The number of likely N-dealkylation sites (tertiary alicyclic amines) is 1. The summed E-state index contributed by atoms with van der Waals surface area (Å²) in [5.41, 5.74) is 3.53. The van der Waals surface area contributed by atoms with Crippen LogP contribution in [0.15, 0.2) is 53.4 Å². The van der Waals surface area contributed by atoms with Gasteiger partial charge in [0, 0.05) is 25.7 Å². The van der Waals surface area contributed by atoms with E-state index in [0.29, 0.717) is 18.0 Å². The van der Waals surface area contributed by atoms with Crippen molar-refractivity contribution in [3.05, 3.63) is 54.1 Å². The van der Waals surface area contributed by atoms with Crippen LogP contribution >= 0.6 is 0 Å². The van der Waals surface area contributed by atoms with Crippen LogP contribution in [0.3, 0.4) is 0 Å². The number of nitrogens with zero attached hydrogens (tertiary/aromatic N) is 2. The topological polar surface area (TPSA) is 40.4 Å². The van der Waals surface area contributed by atoms with Crippen molar-refractivity contribution in [1.29, 1.82) is 0 Å². The van der Waals surface area contributed by atoms with Crippen molar-refractivity contribution in [2.24, 2.45) is 0 Å². The average Bonchev–Trinajstić information content (AvgIpc) is 3.44. The van der Waals surface area contributed by atoms with Crippen molar-refractivity contribution in [1.82, 2.24) is 9.21 Å². The first-order valence-corrected chi connectivity index (χ1v) is 10.9. The molecule has 4 rings (SSSR count). The van der Waals surface area contributed by atoms with Gasteiger partial charge in [-0.05, 0) is 61.6 Å². The second kappa shape index (κ2) is 7.14. The van der Waals surface area contributed by atoms with Crippen molar-refractivity contribution in [3.63, 3.8) is 0 Å². The van der Waals surface area contributed by atoms with Crippen LogP contribution in [0.4, 0.5) is 0 Å². The molecule has 5 heteroatoms. The third-order valence-corrected chi connectivity index (χ3v) is 7.48. The second-order valence-electron chi connectivity index (χ2n) is 7.40. The smallest absolute Gasteiger partial charge is 0.243 e. The van der Waals surface area contributed by atoms with Gasteiger partial charge in [-0.15, -0.1) is 0 Å². The molecule has 0 spiro atoms. The number of rotatable bonds is 6. The molecule has 4 nitrogen and oxygen atoms in total. The molecule has 0 amide bonds. The Bertz CT molecular complexity index is 856. The molecule has 2 aliphatic heterocycles. The lowest BCUT2D eigenvalue weighted by molar-refractivity contribution is 0.272. The molecule has 0 radical (unpaired) electrons. The monoisotopic (exact) mass is 370 g/mol. The standard InChI is InChI=1S/C21H26N2O2S/c1-17-3-2-13-22(17)14-12-18-4-6-19(7-5-18)20-8-10-21(11-9-20)26(24,25)23-15-16-23/h4-11,17H,2-3,12-16H2,1H3/t17-/m1/s1. The lowest BCUT2D eigenvalue weighted by Crippen LogP contribution is -2.28. The molecular formula is C21H26N2O2S. The van der Waals surface area contributed by atoms with Gasteiger partial charge in [-0.3, -0.25) is 0 Å². The summed E-state index contributed by atoms with van der Waals surface area (Å²) in [6.07, 6.45) is 3.73. The largest absolute Gasteiger partial charge is 0.300 e. The normalized spacial score (nSPS) is 21.2. The third-order valence-electron chi connectivity index (χ3n) is 5.56. The lowest BCUT2D eigenvalue weighted by atomic mass is 10.0. The van der Waals surface area contributed by atoms with Crippen molar-refractivity contribution in [3.8, 4) is 11.1 Å². The molecule has 0 unspecified atom stereocenters. The predicted molar refractivity (Wildman–Crippen MR) is 105 cm³/mol. The Balaban J connectivity index is 1.41. The molecule has 2 aliphatic rings. The maximum absolute atomic E-state index is 12.2. The molecule has 2 aromatic carbocycles. The molecule has 1 atom stereocenters. The fourth-order valence-electron chi connectivity index (χ4n) is 3.71. The zero-order valence-corrected chi connectivity index (χ0v) is 16.1. The predicted octanol–water partition coefficient (Wildman–Crippen LogP) is 3.38. The van der Waals surface area contributed by atoms with E-state index in [-0.39, 0.29) is 0 Å². The van der Waals surface area contributed by atoms with Crippen LogP contribution in [-0.4, -0.2) is 49.8 Å². The molecule has 0 saturated carbocycles. The Kier molecular flexibility index (Phi) is 4.86. The third kappa shape index (κ3) is 3.70. The van der Waals surface area contributed by atoms with Crippen LogP contribution in [0.2, 0.25) is 0 Å². The van der Waals surface area contributed by atoms with Crippen LogP contribution in [0, 0.1) is 0 Å². The molecular weight excluding hydrogens is 344 g/mol. The van der Waals surface area contributed by atoms with Crippen molar-refractivity contribution >= 4 is 10.0 Å². The van der Waals surface area contributed by atoms with Crippen molar-refractivity contribution in [2.75, 3.05) is 26.2 Å². The number of sulfonamides is 1. The van der Waals surface area contributed by atoms with E-state index in [1.165, 1.54) is 29.3 Å². The summed E-state index contributed by atoms with van der Waals surface area (Å²) in [6.45, 7) is 5.96. The highest BCUT2D eigenvalue weighted by Crippen LogP contribution is 2.26. The minimum absolute atomic E-state index is 0.384. The van der Waals surface area contributed by atoms with Crippen LogP contribution in [0.25, 0.3) is 11.1 Å². The van der Waals surface area contributed by atoms with E-state index in [1.807, 2.05) is 12.1 Å². The van der Waals surface area contributed by atoms with Gasteiger partial charge in [-0.2, -0.15) is 4.31 Å². The highest BCUT2D eigenvalue weighted by atomic mass is 32.2. The molecule has 0 bridgehead atoms. The highest BCUT2D eigenvalue weighted by Gasteiger charge is 2.33. The Morgan fingerprint density at radius 3 is 2.08 bits per heavy atom. The molecule has 0 aromatic heterocycles. The quantitative estimate of drug-likeness (QED) is 0.732. The Morgan fingerprint density at radius 2 is 1.54 bits per heavy atom. The van der Waals surface area contributed by atoms with Gasteiger partial charge >= 0.3 is 0 Å². The Morgan fingerprint density at radius 1 is 0.923 bits per heavy atom. The summed E-state index contributed by atoms with van der Waals surface area (Å²) in [5.74, 6) is 0. The summed E-state index contributed by atoms with van der Waals surface area (Å²) >= 11 is 0. The van der Waals surface area contributed by atoms with E-state index in [0.717, 1.165) is 30.1 Å². The van der Waals surface area contributed by atoms with E-state index in [1.54, 1.807) is 12.1 Å². The minimum atomic E-state index is -3.26. The fraction of sp³-hybridized carbons (Fsp3) is 0.429. The summed E-state index contributed by atoms with van der Waals surface area (Å²) in [7, 11) is -3.26. The van der Waals surface area contributed by atoms with Gasteiger partial charge in [0.15, 0.2) is 0 Å². The summed E-state index contributed by atoms with van der Waals surface area (Å²) in [4.78, 5) is 2.96. The van der Waals surface area contributed by atoms with Crippen LogP contribution in [0.5, 0.6) is 0 Å². The molecule has 2 heterocycles. The number of hydrogen-bond acceptors (Lipinski definition) is 3. The number of benzene rings is 2. The number of hydrogen-bond donors (Lipinski definition) is 0. The Hall–Kier alpha value is -1.69. The van der Waals surface area contributed by atoms with Gasteiger partial charge in [0.1, 0.15) is 0 Å². The first-order chi connectivity index (χ1) is 12.5. The van der Waals surface area contributed by atoms with Crippen molar-refractivity contribution in [2.45, 2.75) is 37.1 Å². The second-order valence-corrected chi connectivity index (χ2v) is 9.34. The van der Waals surface area contributed by atoms with Gasteiger partial charge in [0.2, 0.25) is 10.0 Å². The fourth-order valence-corrected chi connectivity index (χ4v) is 5.05. The first kappa shape index (κ1) is 17.7. The molecule has 0 N–H and O–H groups in total. The van der Waals surface area contributed by atoms with Gasteiger partial charge in [0.05, 0.1) is 4.90 Å². The minimum Gasteiger partial charge on any atom is -0.300 e. The highest BCUT2D eigenvalue weighted by molar-refractivity contribution is 7.89. The molecule has 138 valence electrons. The average molecular weight is 371 g/mol. The molecule has 26 heavy (non-hydrogen) atoms. The maximum Gasteiger partial charge on any atom is 0.243 e. The zero-order chi connectivity index (χ0) is 18.1. The maximum atomic E-state index is 12.2. The van der Waals surface area contributed by atoms with Gasteiger partial charge in [-0.1, -0.05) is 36.4 Å². The molecule has 2 aromatic rings. The van der Waals surface area contributed by atoms with Crippen LogP contribution in [0.1, 0.15) is 25.3 Å². The summed E-state index contributed by atoms with van der Waals surface area (Å²) in [6, 6.07) is 16.6. The van der Waals surface area contributed by atoms with E-state index in [4.69, 9.17) is 0 Å². The van der Waals surface area contributed by atoms with Crippen molar-refractivity contribution < 1.29 is 8.42 Å². The van der Waals surface area contributed by atoms with Crippen LogP contribution < -0.4 is 0 Å². The summed E-state index contributed by atoms with van der Waals surface area (Å²) in [5, 5.41) is 0. The van der Waals surface area contributed by atoms with Crippen LogP contribution in [-0.2, 0) is 16.4 Å². The lowest BCUT2D eigenvalue weighted by Gasteiger charge is -2.20. The summed E-state index contributed by atoms with van der Waals surface area (Å²) < 4.78 is 25.9. The molecule has 2 fully saturated rings. The SMILES string of the molecule is C[C@@H]1CCCN1CCc1ccc(-c2ccc(S(=O)(=O)N3CC3)cc2)cc1. The Labute approximate surface area is 156 Å². The van der Waals surface area contributed by atoms with Gasteiger partial charge < -0.3 is 4.90 Å². The van der Waals surface area contributed by atoms with Gasteiger partial charge in [0.25, 0.3) is 0 Å². The zero-order valence-electron chi connectivity index (χ0n) is 15.3. The first-order valence-electron chi connectivity index (χ1n) is 9.48. The molecule has 0 aliphatic carbocycles. The van der Waals surface area contributed by atoms with E-state index in [2.05, 4.69) is 36.1 Å². The van der Waals surface area contributed by atoms with E-state index in [9.17, 15) is 8.42 Å². The van der Waals surface area contributed by atoms with E-state index >= 15 is 0 Å². The van der Waals surface area contributed by atoms with Gasteiger partial charge in [-0.25, -0.2) is 8.42 Å².